The number of imide groups is 1. The van der Waals surface area contributed by atoms with Crippen LogP contribution in [0.25, 0.3) is 0 Å². The van der Waals surface area contributed by atoms with Gasteiger partial charge in [-0.1, -0.05) is 50.8 Å². The number of fused-ring (bicyclic) bond motifs is 5. The summed E-state index contributed by atoms with van der Waals surface area (Å²) in [5, 5.41) is 33.9. The van der Waals surface area contributed by atoms with Gasteiger partial charge in [-0.3, -0.25) is 25.0 Å². The van der Waals surface area contributed by atoms with Crippen LogP contribution in [0.3, 0.4) is 0 Å². The van der Waals surface area contributed by atoms with Gasteiger partial charge < -0.3 is 14.6 Å². The van der Waals surface area contributed by atoms with Crippen LogP contribution >= 0.6 is 0 Å². The molecule has 4 aliphatic rings. The van der Waals surface area contributed by atoms with E-state index in [2.05, 4.69) is 17.6 Å². The molecule has 0 aliphatic heterocycles. The Morgan fingerprint density at radius 1 is 1.10 bits per heavy atom. The van der Waals surface area contributed by atoms with Gasteiger partial charge >= 0.3 is 10.3 Å². The van der Waals surface area contributed by atoms with Gasteiger partial charge in [0.1, 0.15) is 5.75 Å². The van der Waals surface area contributed by atoms with Crippen LogP contribution in [0.4, 0.5) is 5.69 Å². The molecule has 13 heteroatoms. The minimum Gasteiger partial charge on any atom is -0.392 e. The van der Waals surface area contributed by atoms with Gasteiger partial charge in [0.25, 0.3) is 5.69 Å². The lowest BCUT2D eigenvalue weighted by Gasteiger charge is -2.50. The minimum atomic E-state index is -4.09. The second-order valence-corrected chi connectivity index (χ2v) is 16.9. The van der Waals surface area contributed by atoms with Crippen molar-refractivity contribution in [3.63, 3.8) is 0 Å². The first-order valence-corrected chi connectivity index (χ1v) is 20.1. The van der Waals surface area contributed by atoms with Gasteiger partial charge in [-0.25, -0.2) is 0 Å². The van der Waals surface area contributed by atoms with Gasteiger partial charge in [-0.2, -0.15) is 13.6 Å². The fourth-order valence-corrected chi connectivity index (χ4v) is 10.4. The van der Waals surface area contributed by atoms with Crippen molar-refractivity contribution in [2.45, 2.75) is 115 Å². The second kappa shape index (κ2) is 15.7. The number of nitro benzene ring substituents is 1. The zero-order valence-corrected chi connectivity index (χ0v) is 30.2. The smallest absolute Gasteiger partial charge is 0.380 e. The molecular weight excluding hydrogens is 673 g/mol. The number of aryl methyl sites for hydroxylation is 1. The van der Waals surface area contributed by atoms with E-state index in [1.54, 1.807) is 24.3 Å². The van der Waals surface area contributed by atoms with Gasteiger partial charge in [-0.05, 0) is 128 Å². The number of benzene rings is 2. The highest BCUT2D eigenvalue weighted by Gasteiger charge is 2.57. The van der Waals surface area contributed by atoms with E-state index in [0.29, 0.717) is 36.6 Å². The molecule has 0 unspecified atom stereocenters. The number of hydrogen-bond acceptors (Lipinski definition) is 9. The molecule has 12 nitrogen and oxygen atoms in total. The molecule has 5 N–H and O–H groups in total. The molecular formula is C38H52N4O8S. The van der Waals surface area contributed by atoms with Crippen LogP contribution in [0.15, 0.2) is 42.5 Å². The quantitative estimate of drug-likeness (QED) is 0.115. The Morgan fingerprint density at radius 2 is 1.84 bits per heavy atom. The van der Waals surface area contributed by atoms with Crippen LogP contribution in [-0.4, -0.2) is 49.0 Å². The number of nitrogens with zero attached hydrogens (tertiary/aromatic N) is 1. The monoisotopic (exact) mass is 724 g/mol. The Labute approximate surface area is 300 Å². The number of non-ortho nitro benzene ring substituents is 1. The number of carbonyl (C=O) groups excluding carboxylic acids is 2. The lowest BCUT2D eigenvalue weighted by Crippen LogP contribution is -2.48. The number of carbonyl (C=O) groups is 2. The van der Waals surface area contributed by atoms with E-state index in [0.717, 1.165) is 75.3 Å². The van der Waals surface area contributed by atoms with Crippen molar-refractivity contribution < 1.29 is 32.2 Å². The Bertz CT molecular complexity index is 1700. The van der Waals surface area contributed by atoms with Crippen molar-refractivity contribution in [2.24, 2.45) is 34.2 Å². The van der Waals surface area contributed by atoms with Crippen LogP contribution < -0.4 is 20.0 Å². The van der Waals surface area contributed by atoms with Gasteiger partial charge in [0.2, 0.25) is 11.8 Å². The molecule has 0 aromatic heterocycles. The van der Waals surface area contributed by atoms with Crippen molar-refractivity contribution in [1.29, 1.82) is 0 Å². The summed E-state index contributed by atoms with van der Waals surface area (Å²) in [6, 6.07) is 10.9. The van der Waals surface area contributed by atoms with Gasteiger partial charge in [0.05, 0.1) is 17.1 Å². The van der Waals surface area contributed by atoms with Crippen molar-refractivity contribution in [3.8, 4) is 5.75 Å². The number of amides is 2. The fourth-order valence-electron chi connectivity index (χ4n) is 9.98. The van der Waals surface area contributed by atoms with E-state index in [9.17, 15) is 33.2 Å². The maximum Gasteiger partial charge on any atom is 0.380 e. The number of nitrogens with two attached hydrogens (primary N) is 1. The zero-order chi connectivity index (χ0) is 36.3. The Morgan fingerprint density at radius 3 is 2.55 bits per heavy atom. The third-order valence-electron chi connectivity index (χ3n) is 12.6. The first-order chi connectivity index (χ1) is 24.3. The van der Waals surface area contributed by atoms with Crippen LogP contribution in [0, 0.1) is 39.2 Å². The van der Waals surface area contributed by atoms with Gasteiger partial charge in [0, 0.05) is 18.6 Å². The third kappa shape index (κ3) is 8.81. The summed E-state index contributed by atoms with van der Waals surface area (Å²) in [5.41, 5.74) is 2.90. The predicted octanol–water partition coefficient (Wildman–Crippen LogP) is 5.21. The summed E-state index contributed by atoms with van der Waals surface area (Å²) in [5.74, 6) is 1.40. The minimum absolute atomic E-state index is 0.0215. The van der Waals surface area contributed by atoms with Crippen LogP contribution in [0.2, 0.25) is 0 Å². The molecule has 7 atom stereocenters. The number of aliphatic hydroxyl groups excluding tert-OH is 1. The average Bonchev–Trinajstić information content (AvgIpc) is 3.70. The topological polar surface area (TPSA) is 191 Å². The van der Waals surface area contributed by atoms with Gasteiger partial charge in [0.15, 0.2) is 0 Å². The molecule has 0 heterocycles. The summed E-state index contributed by atoms with van der Waals surface area (Å²) in [6.07, 6.45) is 11.8. The largest absolute Gasteiger partial charge is 0.392 e. The third-order valence-corrected chi connectivity index (χ3v) is 13.0. The number of nitro groups is 1. The van der Waals surface area contributed by atoms with Crippen LogP contribution in [0.5, 0.6) is 5.75 Å². The molecule has 4 aliphatic carbocycles. The first-order valence-electron chi connectivity index (χ1n) is 18.6. The standard InChI is InChI=1S/C38H52N4O8S/c1-38-19-18-31-30-16-14-29(50-51(39,48)49)22-26(30)11-15-32(31)33(38)23-27(36(38)44)7-4-20-40-34(21-25-8-12-28(13-9-25)42(46)47)37(45)41-35(43)17-10-24-5-2-3-6-24/h8-9,12-14,16,22,24,27,31-34,36,40,44H,2-7,10-11,15,17-21,23H2,1H3,(H2,39,48,49)(H,41,43,45)/t27-,31+,32+,33-,34-,36-,38-/m0/s1. The highest BCUT2D eigenvalue weighted by molar-refractivity contribution is 7.84. The molecule has 0 saturated heterocycles. The van der Waals surface area contributed by atoms with Crippen LogP contribution in [0.1, 0.15) is 107 Å². The molecule has 0 radical (unpaired) electrons. The lowest BCUT2D eigenvalue weighted by atomic mass is 9.55. The SMILES string of the molecule is C[C@]12CC[C@@H]3c4ccc(OS(N)(=O)=O)cc4CC[C@H]3[C@@H]1C[C@H](CCCN[C@@H](Cc1ccc([N+](=O)[O-])cc1)C(=O)NC(=O)CCC1CCCC1)[C@@H]2O. The molecule has 278 valence electrons. The average molecular weight is 725 g/mol. The molecule has 2 amide bonds. The number of rotatable bonds is 14. The Kier molecular flexibility index (Phi) is 11.5. The molecule has 2 aromatic carbocycles. The number of hydrogen-bond donors (Lipinski definition) is 4. The fraction of sp³-hybridized carbons (Fsp3) is 0.632. The van der Waals surface area contributed by atoms with E-state index in [-0.39, 0.29) is 35.1 Å². The second-order valence-electron chi connectivity index (χ2n) is 15.7. The number of aliphatic hydroxyl groups is 1. The number of nitrogens with one attached hydrogen (secondary N) is 2. The molecule has 6 rings (SSSR count). The normalized spacial score (nSPS) is 27.9. The predicted molar refractivity (Wildman–Crippen MR) is 192 cm³/mol. The Balaban J connectivity index is 1.05. The molecule has 0 bridgehead atoms. The lowest BCUT2D eigenvalue weighted by molar-refractivity contribution is -0.384. The summed E-state index contributed by atoms with van der Waals surface area (Å²) < 4.78 is 27.8. The van der Waals surface area contributed by atoms with E-state index in [4.69, 9.17) is 9.32 Å². The summed E-state index contributed by atoms with van der Waals surface area (Å²) in [4.78, 5) is 36.8. The van der Waals surface area contributed by atoms with Crippen molar-refractivity contribution in [2.75, 3.05) is 6.54 Å². The molecule has 3 fully saturated rings. The van der Waals surface area contributed by atoms with E-state index >= 15 is 0 Å². The Hall–Kier alpha value is -3.39. The summed E-state index contributed by atoms with van der Waals surface area (Å²) in [7, 11) is -4.09. The highest BCUT2D eigenvalue weighted by atomic mass is 32.2. The van der Waals surface area contributed by atoms with E-state index in [1.807, 2.05) is 6.07 Å². The van der Waals surface area contributed by atoms with Gasteiger partial charge in [-0.15, -0.1) is 0 Å². The molecule has 0 spiro atoms. The zero-order valence-electron chi connectivity index (χ0n) is 29.4. The molecule has 3 saturated carbocycles. The summed E-state index contributed by atoms with van der Waals surface area (Å²) >= 11 is 0. The summed E-state index contributed by atoms with van der Waals surface area (Å²) in [6.45, 7) is 2.76. The van der Waals surface area contributed by atoms with Crippen LogP contribution in [-0.2, 0) is 32.7 Å². The maximum atomic E-state index is 13.4. The first kappa shape index (κ1) is 37.4. The molecule has 51 heavy (non-hydrogen) atoms. The highest BCUT2D eigenvalue weighted by Crippen LogP contribution is 2.62. The maximum absolute atomic E-state index is 13.4. The van der Waals surface area contributed by atoms with E-state index in [1.165, 1.54) is 30.5 Å². The van der Waals surface area contributed by atoms with Crippen molar-refractivity contribution >= 4 is 27.8 Å². The van der Waals surface area contributed by atoms with Crippen molar-refractivity contribution in [1.82, 2.24) is 10.6 Å². The van der Waals surface area contributed by atoms with Crippen molar-refractivity contribution in [3.05, 3.63) is 69.3 Å². The molecule has 2 aromatic rings. The van der Waals surface area contributed by atoms with E-state index < -0.39 is 33.3 Å².